The van der Waals surface area contributed by atoms with E-state index in [1.165, 1.54) is 0 Å². The van der Waals surface area contributed by atoms with Gasteiger partial charge in [-0.15, -0.1) is 0 Å². The van der Waals surface area contributed by atoms with Gasteiger partial charge in [-0.3, -0.25) is 4.55 Å². The van der Waals surface area contributed by atoms with Crippen LogP contribution in [0.5, 0.6) is 0 Å². The molecule has 19 heavy (non-hydrogen) atoms. The Bertz CT molecular complexity index is 707. The number of carbonyl (C=O) groups excluding carboxylic acids is 1. The highest BCUT2D eigenvalue weighted by Crippen LogP contribution is 2.18. The summed E-state index contributed by atoms with van der Waals surface area (Å²) in [6.45, 7) is 0. The monoisotopic (exact) mass is 284 g/mol. The molecule has 2 aromatic rings. The summed E-state index contributed by atoms with van der Waals surface area (Å²) in [5.41, 5.74) is 7.18. The highest BCUT2D eigenvalue weighted by molar-refractivity contribution is 7.81. The molecule has 4 N–H and O–H groups in total. The summed E-state index contributed by atoms with van der Waals surface area (Å²) in [7, 11) is -4.83. The molecule has 102 valence electrons. The fourth-order valence-corrected chi connectivity index (χ4v) is 2.12. The molecule has 0 radical (unpaired) electrons. The maximum Gasteiger partial charge on any atom is 0.449 e. The van der Waals surface area contributed by atoms with Crippen LogP contribution in [-0.2, 0) is 25.8 Å². The zero-order valence-electron chi connectivity index (χ0n) is 9.74. The van der Waals surface area contributed by atoms with E-state index in [1.807, 2.05) is 24.3 Å². The molecule has 0 bridgehead atoms. The van der Waals surface area contributed by atoms with E-state index in [4.69, 9.17) is 10.3 Å². The number of H-pyrrole nitrogens is 1. The van der Waals surface area contributed by atoms with Crippen molar-refractivity contribution >= 4 is 27.3 Å². The zero-order chi connectivity index (χ0) is 14.0. The average Bonchev–Trinajstić information content (AvgIpc) is 2.70. The Labute approximate surface area is 109 Å². The minimum absolute atomic E-state index is 0.0956. The minimum atomic E-state index is -4.83. The Morgan fingerprint density at radius 1 is 1.42 bits per heavy atom. The lowest BCUT2D eigenvalue weighted by molar-refractivity contribution is -0.135. The number of nitrogens with one attached hydrogen (secondary N) is 1. The van der Waals surface area contributed by atoms with Crippen LogP contribution < -0.4 is 5.73 Å². The fraction of sp³-hybridized carbons (Fsp3) is 0.182. The SMILES string of the molecule is NC(Cc1c[nH]c2ccccc12)C(=O)OS(=O)(=O)O. The van der Waals surface area contributed by atoms with Crippen LogP contribution in [0, 0.1) is 0 Å². The largest absolute Gasteiger partial charge is 0.449 e. The molecule has 0 spiro atoms. The van der Waals surface area contributed by atoms with Gasteiger partial charge in [0.25, 0.3) is 0 Å². The molecule has 2 rings (SSSR count). The number of hydrogen-bond acceptors (Lipinski definition) is 5. The van der Waals surface area contributed by atoms with Gasteiger partial charge in [0.1, 0.15) is 6.04 Å². The number of aromatic nitrogens is 1. The first kappa shape index (κ1) is 13.5. The maximum atomic E-state index is 11.3. The second-order valence-corrected chi connectivity index (χ2v) is 5.02. The number of rotatable bonds is 4. The molecular weight excluding hydrogens is 272 g/mol. The molecule has 0 amide bonds. The molecular formula is C11H12N2O5S. The summed E-state index contributed by atoms with van der Waals surface area (Å²) in [6.07, 6.45) is 1.78. The molecule has 0 aliphatic heterocycles. The Morgan fingerprint density at radius 3 is 2.79 bits per heavy atom. The van der Waals surface area contributed by atoms with Gasteiger partial charge in [-0.25, -0.2) is 4.79 Å². The fourth-order valence-electron chi connectivity index (χ4n) is 1.79. The van der Waals surface area contributed by atoms with Crippen LogP contribution in [-0.4, -0.2) is 30.0 Å². The van der Waals surface area contributed by atoms with E-state index >= 15 is 0 Å². The van der Waals surface area contributed by atoms with Gasteiger partial charge in [-0.05, 0) is 11.6 Å². The summed E-state index contributed by atoms with van der Waals surface area (Å²) in [5, 5.41) is 0.887. The van der Waals surface area contributed by atoms with Gasteiger partial charge in [0.05, 0.1) is 0 Å². The first-order valence-corrected chi connectivity index (χ1v) is 6.74. The molecule has 1 unspecified atom stereocenters. The molecule has 1 atom stereocenters. The van der Waals surface area contributed by atoms with Crippen LogP contribution in [0.2, 0.25) is 0 Å². The highest BCUT2D eigenvalue weighted by atomic mass is 32.3. The van der Waals surface area contributed by atoms with Crippen molar-refractivity contribution in [2.24, 2.45) is 5.73 Å². The number of para-hydroxylation sites is 1. The van der Waals surface area contributed by atoms with Crippen molar-refractivity contribution in [1.82, 2.24) is 4.98 Å². The molecule has 8 heteroatoms. The summed E-state index contributed by atoms with van der Waals surface area (Å²) < 4.78 is 33.0. The predicted molar refractivity (Wildman–Crippen MR) is 67.6 cm³/mol. The Hall–Kier alpha value is -1.90. The molecule has 1 aromatic heterocycles. The van der Waals surface area contributed by atoms with Crippen LogP contribution in [0.15, 0.2) is 30.5 Å². The normalized spacial score (nSPS) is 13.4. The lowest BCUT2D eigenvalue weighted by Crippen LogP contribution is -2.35. The van der Waals surface area contributed by atoms with E-state index in [0.717, 1.165) is 16.5 Å². The topological polar surface area (TPSA) is 122 Å². The van der Waals surface area contributed by atoms with Crippen LogP contribution in [0.4, 0.5) is 0 Å². The summed E-state index contributed by atoms with van der Waals surface area (Å²) in [5.74, 6) is -1.20. The standard InChI is InChI=1S/C11H12N2O5S/c12-9(11(14)18-19(15,16)17)5-7-6-13-10-4-2-1-3-8(7)10/h1-4,6,9,13H,5,12H2,(H,15,16,17). The van der Waals surface area contributed by atoms with Crippen LogP contribution in [0.25, 0.3) is 10.9 Å². The van der Waals surface area contributed by atoms with Crippen molar-refractivity contribution in [3.05, 3.63) is 36.0 Å². The molecule has 0 aliphatic carbocycles. The molecule has 0 fully saturated rings. The van der Waals surface area contributed by atoms with Crippen molar-refractivity contribution in [2.75, 3.05) is 0 Å². The van der Waals surface area contributed by atoms with Gasteiger partial charge >= 0.3 is 16.4 Å². The van der Waals surface area contributed by atoms with Crippen molar-refractivity contribution in [3.63, 3.8) is 0 Å². The van der Waals surface area contributed by atoms with E-state index in [1.54, 1.807) is 6.20 Å². The van der Waals surface area contributed by atoms with Gasteiger partial charge in [-0.2, -0.15) is 8.42 Å². The van der Waals surface area contributed by atoms with E-state index in [2.05, 4.69) is 9.17 Å². The Morgan fingerprint density at radius 2 is 2.11 bits per heavy atom. The van der Waals surface area contributed by atoms with Gasteiger partial charge in [0, 0.05) is 23.5 Å². The van der Waals surface area contributed by atoms with Gasteiger partial charge in [0.15, 0.2) is 0 Å². The van der Waals surface area contributed by atoms with E-state index < -0.39 is 22.4 Å². The van der Waals surface area contributed by atoms with Crippen LogP contribution in [0.1, 0.15) is 5.56 Å². The number of carbonyl (C=O) groups is 1. The molecule has 1 heterocycles. The van der Waals surface area contributed by atoms with Crippen molar-refractivity contribution in [3.8, 4) is 0 Å². The third kappa shape index (κ3) is 3.31. The molecule has 7 nitrogen and oxygen atoms in total. The number of aromatic amines is 1. The summed E-state index contributed by atoms with van der Waals surface area (Å²) >= 11 is 0. The number of hydrogen-bond donors (Lipinski definition) is 3. The average molecular weight is 284 g/mol. The highest BCUT2D eigenvalue weighted by Gasteiger charge is 2.22. The number of benzene rings is 1. The predicted octanol–water partition coefficient (Wildman–Crippen LogP) is 0.384. The molecule has 0 saturated heterocycles. The van der Waals surface area contributed by atoms with Crippen LogP contribution in [0.3, 0.4) is 0 Å². The van der Waals surface area contributed by atoms with E-state index in [0.29, 0.717) is 0 Å². The first-order valence-electron chi connectivity index (χ1n) is 5.38. The third-order valence-corrected chi connectivity index (χ3v) is 2.98. The third-order valence-electron chi connectivity index (χ3n) is 2.60. The van der Waals surface area contributed by atoms with Crippen molar-refractivity contribution in [2.45, 2.75) is 12.5 Å². The molecule has 0 saturated carbocycles. The maximum absolute atomic E-state index is 11.3. The Kier molecular flexibility index (Phi) is 3.56. The lowest BCUT2D eigenvalue weighted by atomic mass is 10.1. The Balaban J connectivity index is 2.15. The van der Waals surface area contributed by atoms with Gasteiger partial charge in [0.2, 0.25) is 0 Å². The zero-order valence-corrected chi connectivity index (χ0v) is 10.6. The van der Waals surface area contributed by atoms with E-state index in [-0.39, 0.29) is 6.42 Å². The minimum Gasteiger partial charge on any atom is -0.361 e. The number of fused-ring (bicyclic) bond motifs is 1. The summed E-state index contributed by atoms with van der Waals surface area (Å²) in [4.78, 5) is 14.3. The molecule has 1 aromatic carbocycles. The second-order valence-electron chi connectivity index (χ2n) is 4.00. The number of nitrogens with two attached hydrogens (primary N) is 1. The smallest absolute Gasteiger partial charge is 0.361 e. The summed E-state index contributed by atoms with van der Waals surface area (Å²) in [6, 6.07) is 6.22. The van der Waals surface area contributed by atoms with E-state index in [9.17, 15) is 13.2 Å². The van der Waals surface area contributed by atoms with Crippen LogP contribution >= 0.6 is 0 Å². The lowest BCUT2D eigenvalue weighted by Gasteiger charge is -2.08. The molecule has 0 aliphatic rings. The second kappa shape index (κ2) is 5.00. The van der Waals surface area contributed by atoms with Gasteiger partial charge < -0.3 is 14.9 Å². The first-order chi connectivity index (χ1) is 8.87. The quantitative estimate of drug-likeness (QED) is 0.698. The van der Waals surface area contributed by atoms with Crippen molar-refractivity contribution in [1.29, 1.82) is 0 Å². The van der Waals surface area contributed by atoms with Crippen molar-refractivity contribution < 1.29 is 21.9 Å². The van der Waals surface area contributed by atoms with Gasteiger partial charge in [-0.1, -0.05) is 18.2 Å².